The Morgan fingerprint density at radius 3 is 2.63 bits per heavy atom. The zero-order valence-corrected chi connectivity index (χ0v) is 11.5. The highest BCUT2D eigenvalue weighted by atomic mass is 35.5. The van der Waals surface area contributed by atoms with Crippen molar-refractivity contribution in [2.45, 2.75) is 19.8 Å². The third kappa shape index (κ3) is 2.08. The highest BCUT2D eigenvalue weighted by Gasteiger charge is 2.17. The molecule has 19 heavy (non-hydrogen) atoms. The molecular formula is C14H13ClN4. The van der Waals surface area contributed by atoms with E-state index in [-0.39, 0.29) is 5.92 Å². The quantitative estimate of drug-likeness (QED) is 0.673. The van der Waals surface area contributed by atoms with Crippen molar-refractivity contribution in [3.63, 3.8) is 0 Å². The van der Waals surface area contributed by atoms with Gasteiger partial charge in [-0.1, -0.05) is 48.9 Å². The first-order valence-corrected chi connectivity index (χ1v) is 6.47. The number of fused-ring (bicyclic) bond motifs is 1. The van der Waals surface area contributed by atoms with Gasteiger partial charge in [0.05, 0.1) is 0 Å². The van der Waals surface area contributed by atoms with E-state index in [1.807, 2.05) is 29.5 Å². The Hall–Kier alpha value is -1.94. The normalized spacial score (nSPS) is 12.8. The predicted molar refractivity (Wildman–Crippen MR) is 74.5 cm³/mol. The van der Waals surface area contributed by atoms with Gasteiger partial charge in [0.2, 0.25) is 0 Å². The summed E-state index contributed by atoms with van der Waals surface area (Å²) in [4.78, 5) is 4.26. The van der Waals surface area contributed by atoms with Crippen LogP contribution in [0.25, 0.3) is 5.65 Å². The maximum absolute atomic E-state index is 5.94. The number of hydrogen-bond acceptors (Lipinski definition) is 3. The van der Waals surface area contributed by atoms with Crippen molar-refractivity contribution in [1.29, 1.82) is 0 Å². The van der Waals surface area contributed by atoms with Gasteiger partial charge in [-0.25, -0.2) is 4.98 Å². The van der Waals surface area contributed by atoms with E-state index in [0.717, 1.165) is 17.3 Å². The fourth-order valence-corrected chi connectivity index (χ4v) is 2.47. The molecule has 1 unspecified atom stereocenters. The topological polar surface area (TPSA) is 43.1 Å². The lowest BCUT2D eigenvalue weighted by Crippen LogP contribution is -2.05. The highest BCUT2D eigenvalue weighted by molar-refractivity contribution is 6.29. The van der Waals surface area contributed by atoms with Crippen LogP contribution in [-0.2, 0) is 0 Å². The van der Waals surface area contributed by atoms with Crippen LogP contribution in [-0.4, -0.2) is 19.6 Å². The van der Waals surface area contributed by atoms with Crippen LogP contribution in [0.2, 0.25) is 5.15 Å². The van der Waals surface area contributed by atoms with Crippen LogP contribution in [0.5, 0.6) is 0 Å². The molecule has 2 heterocycles. The van der Waals surface area contributed by atoms with Crippen molar-refractivity contribution >= 4 is 17.2 Å². The summed E-state index contributed by atoms with van der Waals surface area (Å²) in [5.74, 6) is 1.83. The van der Waals surface area contributed by atoms with Crippen LogP contribution in [0, 0.1) is 6.92 Å². The van der Waals surface area contributed by atoms with Crippen molar-refractivity contribution in [1.82, 2.24) is 19.6 Å². The summed E-state index contributed by atoms with van der Waals surface area (Å²) in [6.07, 6.45) is 0. The van der Waals surface area contributed by atoms with E-state index in [4.69, 9.17) is 11.6 Å². The summed E-state index contributed by atoms with van der Waals surface area (Å²) in [5, 5.41) is 8.90. The Labute approximate surface area is 116 Å². The zero-order valence-electron chi connectivity index (χ0n) is 10.7. The maximum atomic E-state index is 5.94. The molecule has 0 amide bonds. The van der Waals surface area contributed by atoms with Gasteiger partial charge in [-0.15, -0.1) is 10.2 Å². The Morgan fingerprint density at radius 2 is 1.89 bits per heavy atom. The number of benzene rings is 1. The lowest BCUT2D eigenvalue weighted by molar-refractivity contribution is 0.778. The zero-order chi connectivity index (χ0) is 13.4. The second-order valence-corrected chi connectivity index (χ2v) is 4.90. The van der Waals surface area contributed by atoms with Gasteiger partial charge < -0.3 is 0 Å². The number of hydrogen-bond donors (Lipinski definition) is 0. The lowest BCUT2D eigenvalue weighted by Gasteiger charge is -2.11. The average molecular weight is 273 g/mol. The molecule has 0 radical (unpaired) electrons. The van der Waals surface area contributed by atoms with E-state index in [0.29, 0.717) is 5.15 Å². The van der Waals surface area contributed by atoms with Crippen molar-refractivity contribution in [3.8, 4) is 0 Å². The Morgan fingerprint density at radius 1 is 1.16 bits per heavy atom. The monoisotopic (exact) mass is 272 g/mol. The maximum Gasteiger partial charge on any atom is 0.165 e. The van der Waals surface area contributed by atoms with Crippen molar-refractivity contribution in [2.24, 2.45) is 0 Å². The molecule has 1 atom stereocenters. The molecule has 96 valence electrons. The van der Waals surface area contributed by atoms with Gasteiger partial charge in [-0.2, -0.15) is 0 Å². The summed E-state index contributed by atoms with van der Waals surface area (Å²) < 4.78 is 1.95. The van der Waals surface area contributed by atoms with Gasteiger partial charge in [-0.05, 0) is 12.5 Å². The Kier molecular flexibility index (Phi) is 2.95. The second-order valence-electron chi connectivity index (χ2n) is 4.51. The predicted octanol–water partition coefficient (Wildman–Crippen LogP) is 3.24. The molecule has 0 aliphatic rings. The number of rotatable bonds is 2. The molecule has 2 aromatic heterocycles. The summed E-state index contributed by atoms with van der Waals surface area (Å²) in [6.45, 7) is 4.02. The minimum absolute atomic E-state index is 0.151. The first-order valence-electron chi connectivity index (χ1n) is 6.10. The molecule has 3 rings (SSSR count). The fraction of sp³-hybridized carbons (Fsp3) is 0.214. The minimum atomic E-state index is 0.151. The largest absolute Gasteiger partial charge is 0.266 e. The highest BCUT2D eigenvalue weighted by Crippen LogP contribution is 2.24. The summed E-state index contributed by atoms with van der Waals surface area (Å²) in [6, 6.07) is 12.0. The van der Waals surface area contributed by atoms with Crippen molar-refractivity contribution in [2.75, 3.05) is 0 Å². The molecule has 0 saturated heterocycles. The van der Waals surface area contributed by atoms with E-state index in [1.54, 1.807) is 6.07 Å². The molecule has 4 nitrogen and oxygen atoms in total. The SMILES string of the molecule is Cc1nc(Cl)cc2nnc(C(C)c3ccccc3)n12. The number of nitrogens with zero attached hydrogens (tertiary/aromatic N) is 4. The number of halogens is 1. The van der Waals surface area contributed by atoms with Crippen LogP contribution in [0.4, 0.5) is 0 Å². The molecule has 3 aromatic rings. The Bertz CT molecular complexity index is 721. The van der Waals surface area contributed by atoms with Crippen LogP contribution < -0.4 is 0 Å². The molecule has 0 aliphatic carbocycles. The van der Waals surface area contributed by atoms with E-state index in [1.165, 1.54) is 5.56 Å². The van der Waals surface area contributed by atoms with Crippen LogP contribution in [0.15, 0.2) is 36.4 Å². The van der Waals surface area contributed by atoms with Gasteiger partial charge in [0.25, 0.3) is 0 Å². The lowest BCUT2D eigenvalue weighted by atomic mass is 10.0. The third-order valence-corrected chi connectivity index (χ3v) is 3.43. The smallest absolute Gasteiger partial charge is 0.165 e. The van der Waals surface area contributed by atoms with E-state index in [9.17, 15) is 0 Å². The summed E-state index contributed by atoms with van der Waals surface area (Å²) >= 11 is 5.94. The first kappa shape index (κ1) is 12.1. The summed E-state index contributed by atoms with van der Waals surface area (Å²) in [5.41, 5.74) is 1.93. The molecule has 0 aliphatic heterocycles. The molecular weight excluding hydrogens is 260 g/mol. The van der Waals surface area contributed by atoms with Crippen molar-refractivity contribution < 1.29 is 0 Å². The van der Waals surface area contributed by atoms with Crippen LogP contribution >= 0.6 is 11.6 Å². The number of aryl methyl sites for hydroxylation is 1. The van der Waals surface area contributed by atoms with E-state index >= 15 is 0 Å². The first-order chi connectivity index (χ1) is 9.16. The fourth-order valence-electron chi connectivity index (χ4n) is 2.25. The van der Waals surface area contributed by atoms with Crippen LogP contribution in [0.1, 0.15) is 30.1 Å². The van der Waals surface area contributed by atoms with Gasteiger partial charge >= 0.3 is 0 Å². The van der Waals surface area contributed by atoms with Crippen LogP contribution in [0.3, 0.4) is 0 Å². The van der Waals surface area contributed by atoms with Gasteiger partial charge in [0.15, 0.2) is 5.65 Å². The summed E-state index contributed by atoms with van der Waals surface area (Å²) in [7, 11) is 0. The number of aromatic nitrogens is 4. The van der Waals surface area contributed by atoms with E-state index in [2.05, 4.69) is 34.2 Å². The second kappa shape index (κ2) is 4.63. The molecule has 0 N–H and O–H groups in total. The molecule has 5 heteroatoms. The minimum Gasteiger partial charge on any atom is -0.266 e. The van der Waals surface area contributed by atoms with Gasteiger partial charge in [-0.3, -0.25) is 4.40 Å². The standard InChI is InChI=1S/C14H13ClN4/c1-9(11-6-4-3-5-7-11)14-18-17-13-8-12(15)16-10(2)19(13)14/h3-9H,1-2H3. The van der Waals surface area contributed by atoms with Gasteiger partial charge in [0, 0.05) is 12.0 Å². The average Bonchev–Trinajstić information content (AvgIpc) is 2.83. The van der Waals surface area contributed by atoms with Gasteiger partial charge in [0.1, 0.15) is 16.8 Å². The molecule has 0 fully saturated rings. The Balaban J connectivity index is 2.16. The van der Waals surface area contributed by atoms with Crippen molar-refractivity contribution in [3.05, 3.63) is 58.8 Å². The molecule has 0 spiro atoms. The molecule has 0 saturated carbocycles. The molecule has 0 bridgehead atoms. The molecule has 1 aromatic carbocycles. The van der Waals surface area contributed by atoms with E-state index < -0.39 is 0 Å². The third-order valence-electron chi connectivity index (χ3n) is 3.24.